The number of hydrogen-bond donors (Lipinski definition) is 1. The summed E-state index contributed by atoms with van der Waals surface area (Å²) in [5, 5.41) is 9.32. The van der Waals surface area contributed by atoms with Crippen molar-refractivity contribution in [2.75, 3.05) is 6.26 Å². The number of aliphatic carboxylic acids is 1. The van der Waals surface area contributed by atoms with Crippen LogP contribution in [-0.2, 0) is 21.1 Å². The monoisotopic (exact) mass is 475 g/mol. The standard InChI is InChI=1S/C23H29N3O6S/c1-8-9-15-16-20(26-22(24-15)33(7,29)30)32-19(25-16)14-10-12(2)17(13(3)11-14)31-18(21(27)28)23(4,5)6/h10-11,18H,8-9H2,1-7H3,(H,27,28). The summed E-state index contributed by atoms with van der Waals surface area (Å²) in [5.41, 5.74) is 2.53. The van der Waals surface area contributed by atoms with Gasteiger partial charge in [0.05, 0.1) is 5.69 Å². The Hall–Kier alpha value is -3.01. The first kappa shape index (κ1) is 24.6. The average Bonchev–Trinajstić information content (AvgIpc) is 3.10. The van der Waals surface area contributed by atoms with Gasteiger partial charge in [-0.15, -0.1) is 0 Å². The van der Waals surface area contributed by atoms with Gasteiger partial charge in [0.1, 0.15) is 5.75 Å². The zero-order chi connectivity index (χ0) is 24.7. The van der Waals surface area contributed by atoms with E-state index in [2.05, 4.69) is 15.0 Å². The fourth-order valence-corrected chi connectivity index (χ4v) is 4.06. The van der Waals surface area contributed by atoms with E-state index in [4.69, 9.17) is 9.15 Å². The van der Waals surface area contributed by atoms with Crippen LogP contribution in [0.2, 0.25) is 0 Å². The number of hydrogen-bond acceptors (Lipinski definition) is 8. The number of benzene rings is 1. The van der Waals surface area contributed by atoms with Crippen molar-refractivity contribution in [2.45, 2.75) is 65.6 Å². The van der Waals surface area contributed by atoms with Crippen molar-refractivity contribution in [3.63, 3.8) is 0 Å². The molecule has 2 aromatic heterocycles. The van der Waals surface area contributed by atoms with Gasteiger partial charge in [0, 0.05) is 17.2 Å². The second-order valence-electron chi connectivity index (χ2n) is 9.29. The molecule has 33 heavy (non-hydrogen) atoms. The Labute approximate surface area is 193 Å². The molecular formula is C23H29N3O6S. The first-order valence-corrected chi connectivity index (χ1v) is 12.5. The normalized spacial score (nSPS) is 13.3. The van der Waals surface area contributed by atoms with Gasteiger partial charge in [-0.1, -0.05) is 34.1 Å². The largest absolute Gasteiger partial charge is 0.478 e. The van der Waals surface area contributed by atoms with Crippen molar-refractivity contribution >= 4 is 27.0 Å². The molecule has 0 fully saturated rings. The van der Waals surface area contributed by atoms with E-state index in [0.717, 1.165) is 23.8 Å². The van der Waals surface area contributed by atoms with Crippen LogP contribution in [0, 0.1) is 19.3 Å². The number of aromatic nitrogens is 3. The predicted molar refractivity (Wildman–Crippen MR) is 123 cm³/mol. The molecule has 3 aromatic rings. The molecule has 0 amide bonds. The molecule has 1 aromatic carbocycles. The molecule has 2 heterocycles. The highest BCUT2D eigenvalue weighted by Crippen LogP contribution is 2.34. The first-order chi connectivity index (χ1) is 15.2. The topological polar surface area (TPSA) is 132 Å². The summed E-state index contributed by atoms with van der Waals surface area (Å²) >= 11 is 0. The van der Waals surface area contributed by atoms with Gasteiger partial charge in [0.25, 0.3) is 5.71 Å². The molecule has 10 heteroatoms. The van der Waals surface area contributed by atoms with E-state index in [0.29, 0.717) is 28.9 Å². The molecule has 0 aliphatic rings. The lowest BCUT2D eigenvalue weighted by molar-refractivity contribution is -0.150. The summed E-state index contributed by atoms with van der Waals surface area (Å²) in [4.78, 5) is 24.5. The van der Waals surface area contributed by atoms with Crippen LogP contribution in [0.4, 0.5) is 0 Å². The van der Waals surface area contributed by atoms with Gasteiger partial charge in [-0.25, -0.2) is 23.2 Å². The molecule has 0 radical (unpaired) electrons. The van der Waals surface area contributed by atoms with E-state index in [9.17, 15) is 18.3 Å². The molecule has 0 saturated carbocycles. The smallest absolute Gasteiger partial charge is 0.345 e. The Kier molecular flexibility index (Phi) is 6.52. The number of carbonyl (C=O) groups is 1. The molecule has 1 unspecified atom stereocenters. The van der Waals surface area contributed by atoms with E-state index in [-0.39, 0.29) is 16.8 Å². The highest BCUT2D eigenvalue weighted by atomic mass is 32.2. The Morgan fingerprint density at radius 3 is 2.24 bits per heavy atom. The van der Waals surface area contributed by atoms with E-state index in [1.54, 1.807) is 12.1 Å². The Bertz CT molecular complexity index is 1300. The lowest BCUT2D eigenvalue weighted by Gasteiger charge is -2.29. The van der Waals surface area contributed by atoms with Gasteiger partial charge >= 0.3 is 5.97 Å². The van der Waals surface area contributed by atoms with Crippen LogP contribution in [0.5, 0.6) is 5.75 Å². The fourth-order valence-electron chi connectivity index (χ4n) is 3.53. The van der Waals surface area contributed by atoms with E-state index < -0.39 is 27.3 Å². The number of carboxylic acid groups (broad SMARTS) is 1. The van der Waals surface area contributed by atoms with Crippen LogP contribution in [0.15, 0.2) is 21.7 Å². The summed E-state index contributed by atoms with van der Waals surface area (Å²) in [6, 6.07) is 3.58. The van der Waals surface area contributed by atoms with Crippen molar-refractivity contribution in [3.8, 4) is 17.2 Å². The highest BCUT2D eigenvalue weighted by Gasteiger charge is 2.34. The summed E-state index contributed by atoms with van der Waals surface area (Å²) in [6.45, 7) is 11.0. The minimum absolute atomic E-state index is 0.109. The zero-order valence-corrected chi connectivity index (χ0v) is 20.7. The maximum atomic E-state index is 12.0. The quantitative estimate of drug-likeness (QED) is 0.501. The lowest BCUT2D eigenvalue weighted by Crippen LogP contribution is -2.39. The number of nitrogens with zero attached hydrogens (tertiary/aromatic N) is 3. The summed E-state index contributed by atoms with van der Waals surface area (Å²) in [7, 11) is -3.61. The number of sulfone groups is 1. The highest BCUT2D eigenvalue weighted by molar-refractivity contribution is 7.90. The number of aryl methyl sites for hydroxylation is 3. The van der Waals surface area contributed by atoms with Gasteiger partial charge in [-0.2, -0.15) is 4.98 Å². The summed E-state index contributed by atoms with van der Waals surface area (Å²) in [6.07, 6.45) is 1.31. The van der Waals surface area contributed by atoms with E-state index in [1.165, 1.54) is 0 Å². The van der Waals surface area contributed by atoms with Gasteiger partial charge in [0.2, 0.25) is 20.9 Å². The number of rotatable bonds is 7. The van der Waals surface area contributed by atoms with Gasteiger partial charge in [-0.3, -0.25) is 0 Å². The molecule has 0 spiro atoms. The maximum Gasteiger partial charge on any atom is 0.345 e. The molecule has 1 atom stereocenters. The average molecular weight is 476 g/mol. The molecule has 1 N–H and O–H groups in total. The van der Waals surface area contributed by atoms with Crippen LogP contribution in [-0.4, -0.2) is 46.8 Å². The third-order valence-electron chi connectivity index (χ3n) is 5.08. The number of oxazole rings is 1. The van der Waals surface area contributed by atoms with Gasteiger partial charge in [-0.05, 0) is 43.5 Å². The molecular weight excluding hydrogens is 446 g/mol. The molecule has 9 nitrogen and oxygen atoms in total. The number of fused-ring (bicyclic) bond motifs is 1. The summed E-state index contributed by atoms with van der Waals surface area (Å²) < 4.78 is 35.8. The Morgan fingerprint density at radius 2 is 1.76 bits per heavy atom. The third kappa shape index (κ3) is 5.16. The third-order valence-corrected chi connectivity index (χ3v) is 5.93. The molecule has 0 saturated heterocycles. The predicted octanol–water partition coefficient (Wildman–Crippen LogP) is 4.14. The van der Waals surface area contributed by atoms with Gasteiger partial charge < -0.3 is 14.3 Å². The Morgan fingerprint density at radius 1 is 1.15 bits per heavy atom. The van der Waals surface area contributed by atoms with Crippen LogP contribution in [0.1, 0.15) is 50.9 Å². The fraction of sp³-hybridized carbons (Fsp3) is 0.478. The van der Waals surface area contributed by atoms with Crippen LogP contribution in [0.25, 0.3) is 22.7 Å². The minimum Gasteiger partial charge on any atom is -0.478 e. The van der Waals surface area contributed by atoms with Crippen molar-refractivity contribution in [1.29, 1.82) is 0 Å². The minimum atomic E-state index is -3.61. The van der Waals surface area contributed by atoms with Gasteiger partial charge in [0.15, 0.2) is 11.6 Å². The molecule has 0 aliphatic carbocycles. The van der Waals surface area contributed by atoms with Crippen LogP contribution in [0.3, 0.4) is 0 Å². The van der Waals surface area contributed by atoms with Crippen molar-refractivity contribution in [3.05, 3.63) is 29.0 Å². The first-order valence-electron chi connectivity index (χ1n) is 10.6. The Balaban J connectivity index is 2.09. The second kappa shape index (κ2) is 8.74. The van der Waals surface area contributed by atoms with Crippen LogP contribution >= 0.6 is 0 Å². The SMILES string of the molecule is CCCc1nc(S(C)(=O)=O)nc2oc(-c3cc(C)c(OC(C(=O)O)C(C)(C)C)c(C)c3)nc12. The van der Waals surface area contributed by atoms with Crippen molar-refractivity contribution < 1.29 is 27.5 Å². The van der Waals surface area contributed by atoms with Crippen LogP contribution < -0.4 is 4.74 Å². The molecule has 3 rings (SSSR count). The number of ether oxygens (including phenoxy) is 1. The second-order valence-corrected chi connectivity index (χ2v) is 11.2. The van der Waals surface area contributed by atoms with Crippen molar-refractivity contribution in [2.24, 2.45) is 5.41 Å². The molecule has 0 bridgehead atoms. The van der Waals surface area contributed by atoms with E-state index >= 15 is 0 Å². The van der Waals surface area contributed by atoms with Crippen molar-refractivity contribution in [1.82, 2.24) is 15.0 Å². The number of carboxylic acids is 1. The zero-order valence-electron chi connectivity index (χ0n) is 19.9. The maximum absolute atomic E-state index is 12.0. The summed E-state index contributed by atoms with van der Waals surface area (Å²) in [5.74, 6) is -0.276. The molecule has 0 aliphatic heterocycles. The van der Waals surface area contributed by atoms with E-state index in [1.807, 2.05) is 41.5 Å². The molecule has 178 valence electrons. The lowest BCUT2D eigenvalue weighted by atomic mass is 9.89.